The Hall–Kier alpha value is -1.05. The molecule has 1 N–H and O–H groups in total. The number of hydrogen-bond donors (Lipinski definition) is 1. The van der Waals surface area contributed by atoms with E-state index in [4.69, 9.17) is 0 Å². The van der Waals surface area contributed by atoms with Crippen molar-refractivity contribution in [2.45, 2.75) is 25.7 Å². The zero-order chi connectivity index (χ0) is 9.42. The van der Waals surface area contributed by atoms with E-state index in [1.807, 2.05) is 0 Å². The van der Waals surface area contributed by atoms with Gasteiger partial charge < -0.3 is 5.11 Å². The first-order chi connectivity index (χ1) is 6.18. The smallest absolute Gasteiger partial charge is 0.164 e. The second kappa shape index (κ2) is 3.02. The molecule has 1 aliphatic carbocycles. The van der Waals surface area contributed by atoms with E-state index in [-0.39, 0.29) is 5.75 Å². The fraction of sp³-hybridized carbons (Fsp3) is 0.455. The molecule has 1 aromatic rings. The minimum Gasteiger partial charge on any atom is -0.505 e. The average molecular weight is 180 g/mol. The molecule has 1 fully saturated rings. The summed E-state index contributed by atoms with van der Waals surface area (Å²) in [6, 6.07) is 4.67. The summed E-state index contributed by atoms with van der Waals surface area (Å²) < 4.78 is 12.7. The number of halogens is 1. The second-order valence-corrected chi connectivity index (χ2v) is 3.87. The lowest BCUT2D eigenvalue weighted by atomic mass is 9.71. The van der Waals surface area contributed by atoms with Crippen LogP contribution in [0.5, 0.6) is 5.75 Å². The number of aromatic hydroxyl groups is 1. The number of phenols is 1. The number of phenolic OH excluding ortho intramolecular Hbond substituents is 1. The van der Waals surface area contributed by atoms with Crippen molar-refractivity contribution in [3.63, 3.8) is 0 Å². The van der Waals surface area contributed by atoms with Crippen LogP contribution in [0.25, 0.3) is 0 Å². The molecule has 1 saturated carbocycles. The Morgan fingerprint density at radius 1 is 1.38 bits per heavy atom. The van der Waals surface area contributed by atoms with Gasteiger partial charge in [-0.15, -0.1) is 0 Å². The van der Waals surface area contributed by atoms with Crippen LogP contribution < -0.4 is 0 Å². The monoisotopic (exact) mass is 180 g/mol. The van der Waals surface area contributed by atoms with E-state index in [1.54, 1.807) is 12.1 Å². The third kappa shape index (κ3) is 1.41. The zero-order valence-electron chi connectivity index (χ0n) is 7.63. The van der Waals surface area contributed by atoms with Crippen molar-refractivity contribution in [2.24, 2.45) is 5.92 Å². The van der Waals surface area contributed by atoms with E-state index >= 15 is 0 Å². The van der Waals surface area contributed by atoms with Gasteiger partial charge >= 0.3 is 0 Å². The van der Waals surface area contributed by atoms with Gasteiger partial charge in [0.15, 0.2) is 11.6 Å². The summed E-state index contributed by atoms with van der Waals surface area (Å²) in [4.78, 5) is 0. The highest BCUT2D eigenvalue weighted by Crippen LogP contribution is 2.42. The Morgan fingerprint density at radius 3 is 2.62 bits per heavy atom. The maximum absolute atomic E-state index is 12.7. The molecule has 0 heterocycles. The maximum atomic E-state index is 12.7. The molecular formula is C11H13FO. The lowest BCUT2D eigenvalue weighted by Gasteiger charge is -2.34. The van der Waals surface area contributed by atoms with Gasteiger partial charge in [0.1, 0.15) is 0 Å². The van der Waals surface area contributed by atoms with Crippen LogP contribution in [0.1, 0.15) is 31.2 Å². The van der Waals surface area contributed by atoms with Crippen LogP contribution in [0.15, 0.2) is 18.2 Å². The Bertz CT molecular complexity index is 322. The first-order valence-electron chi connectivity index (χ1n) is 4.67. The summed E-state index contributed by atoms with van der Waals surface area (Å²) in [5, 5.41) is 9.18. The van der Waals surface area contributed by atoms with Gasteiger partial charge in [0.25, 0.3) is 0 Å². The largest absolute Gasteiger partial charge is 0.505 e. The summed E-state index contributed by atoms with van der Waals surface area (Å²) in [5.41, 5.74) is 1.07. The lowest BCUT2D eigenvalue weighted by molar-refractivity contribution is 0.279. The van der Waals surface area contributed by atoms with Crippen molar-refractivity contribution >= 4 is 0 Å². The van der Waals surface area contributed by atoms with Gasteiger partial charge in [-0.25, -0.2) is 4.39 Å². The highest BCUT2D eigenvalue weighted by atomic mass is 19.1. The Morgan fingerprint density at radius 2 is 2.15 bits per heavy atom. The van der Waals surface area contributed by atoms with Gasteiger partial charge in [-0.05, 0) is 42.4 Å². The van der Waals surface area contributed by atoms with Crippen LogP contribution >= 0.6 is 0 Å². The van der Waals surface area contributed by atoms with Crippen molar-refractivity contribution in [3.05, 3.63) is 29.6 Å². The van der Waals surface area contributed by atoms with Crippen LogP contribution in [-0.4, -0.2) is 5.11 Å². The quantitative estimate of drug-likeness (QED) is 0.704. The summed E-state index contributed by atoms with van der Waals surface area (Å²) >= 11 is 0. The minimum absolute atomic E-state index is 0.225. The third-order valence-corrected chi connectivity index (χ3v) is 3.02. The van der Waals surface area contributed by atoms with Gasteiger partial charge in [-0.1, -0.05) is 13.0 Å². The molecule has 0 aromatic heterocycles. The van der Waals surface area contributed by atoms with Gasteiger partial charge in [-0.2, -0.15) is 0 Å². The van der Waals surface area contributed by atoms with Crippen LogP contribution in [0, 0.1) is 11.7 Å². The third-order valence-electron chi connectivity index (χ3n) is 3.02. The molecule has 1 aromatic carbocycles. The molecule has 0 radical (unpaired) electrons. The molecule has 1 nitrogen and oxygen atoms in total. The first kappa shape index (κ1) is 8.54. The average Bonchev–Trinajstić information content (AvgIpc) is 2.09. The fourth-order valence-electron chi connectivity index (χ4n) is 1.92. The lowest BCUT2D eigenvalue weighted by Crippen LogP contribution is -2.20. The van der Waals surface area contributed by atoms with Crippen LogP contribution in [0.4, 0.5) is 4.39 Å². The predicted molar refractivity (Wildman–Crippen MR) is 49.2 cm³/mol. The van der Waals surface area contributed by atoms with E-state index in [0.717, 1.165) is 12.0 Å². The van der Waals surface area contributed by atoms with Crippen molar-refractivity contribution in [1.29, 1.82) is 0 Å². The highest BCUT2D eigenvalue weighted by Gasteiger charge is 2.28. The van der Waals surface area contributed by atoms with Crippen LogP contribution in [-0.2, 0) is 0 Å². The molecule has 13 heavy (non-hydrogen) atoms. The van der Waals surface area contributed by atoms with Gasteiger partial charge in [-0.3, -0.25) is 0 Å². The SMILES string of the molecule is CC1CCC1c1ccc(F)c(O)c1. The summed E-state index contributed by atoms with van der Waals surface area (Å²) in [7, 11) is 0. The van der Waals surface area contributed by atoms with Crippen molar-refractivity contribution in [3.8, 4) is 5.75 Å². The van der Waals surface area contributed by atoms with E-state index in [2.05, 4.69) is 6.92 Å². The van der Waals surface area contributed by atoms with Crippen molar-refractivity contribution in [1.82, 2.24) is 0 Å². The van der Waals surface area contributed by atoms with E-state index in [1.165, 1.54) is 12.5 Å². The molecule has 2 atom stereocenters. The molecule has 0 spiro atoms. The van der Waals surface area contributed by atoms with E-state index in [0.29, 0.717) is 11.8 Å². The summed E-state index contributed by atoms with van der Waals surface area (Å²) in [6.07, 6.45) is 2.40. The van der Waals surface area contributed by atoms with E-state index in [9.17, 15) is 9.50 Å². The normalized spacial score (nSPS) is 26.9. The molecule has 1 aliphatic rings. The number of benzene rings is 1. The predicted octanol–water partition coefficient (Wildman–Crippen LogP) is 3.04. The molecule has 0 aliphatic heterocycles. The van der Waals surface area contributed by atoms with Crippen LogP contribution in [0.2, 0.25) is 0 Å². The topological polar surface area (TPSA) is 20.2 Å². The minimum atomic E-state index is -0.532. The van der Waals surface area contributed by atoms with Gasteiger partial charge in [0.2, 0.25) is 0 Å². The molecule has 0 saturated heterocycles. The standard InChI is InChI=1S/C11H13FO/c1-7-2-4-9(7)8-3-5-10(12)11(13)6-8/h3,5-7,9,13H,2,4H2,1H3. The fourth-order valence-corrected chi connectivity index (χ4v) is 1.92. The number of rotatable bonds is 1. The zero-order valence-corrected chi connectivity index (χ0v) is 7.63. The molecule has 2 unspecified atom stereocenters. The molecular weight excluding hydrogens is 167 g/mol. The Labute approximate surface area is 77.2 Å². The summed E-state index contributed by atoms with van der Waals surface area (Å²) in [5.74, 6) is 0.434. The van der Waals surface area contributed by atoms with Gasteiger partial charge in [0.05, 0.1) is 0 Å². The Kier molecular flexibility index (Phi) is 1.98. The highest BCUT2D eigenvalue weighted by molar-refractivity contribution is 5.32. The van der Waals surface area contributed by atoms with Crippen LogP contribution in [0.3, 0.4) is 0 Å². The molecule has 0 amide bonds. The summed E-state index contributed by atoms with van der Waals surface area (Å²) in [6.45, 7) is 2.19. The number of hydrogen-bond acceptors (Lipinski definition) is 1. The Balaban J connectivity index is 2.26. The molecule has 0 bridgehead atoms. The molecule has 2 rings (SSSR count). The molecule has 70 valence electrons. The van der Waals surface area contributed by atoms with Crippen molar-refractivity contribution < 1.29 is 9.50 Å². The first-order valence-corrected chi connectivity index (χ1v) is 4.67. The maximum Gasteiger partial charge on any atom is 0.164 e. The second-order valence-electron chi connectivity index (χ2n) is 3.87. The molecule has 2 heteroatoms. The van der Waals surface area contributed by atoms with Crippen molar-refractivity contribution in [2.75, 3.05) is 0 Å². The van der Waals surface area contributed by atoms with Gasteiger partial charge in [0, 0.05) is 0 Å². The van der Waals surface area contributed by atoms with E-state index < -0.39 is 5.82 Å².